The number of rotatable bonds is 7. The first-order valence-electron chi connectivity index (χ1n) is 6.90. The molecule has 0 aliphatic heterocycles. The quantitative estimate of drug-likeness (QED) is 0.694. The van der Waals surface area contributed by atoms with Gasteiger partial charge in [-0.3, -0.25) is 4.79 Å². The molecule has 9 heteroatoms. The van der Waals surface area contributed by atoms with E-state index in [4.69, 9.17) is 5.73 Å². The number of halogens is 3. The molecule has 5 nitrogen and oxygen atoms in total. The standard InChI is InChI=1S/C14H20BrFN2O3S.ClH/c1-3-4-5-10(8-17)18-14(19)11-6-9(15)7-12(13(11)16)22(2,20)21;/h6-7,10H,3-5,8,17H2,1-2H3,(H,18,19);1H. The third-order valence-electron chi connectivity index (χ3n) is 3.17. The van der Waals surface area contributed by atoms with Gasteiger partial charge in [0.1, 0.15) is 4.90 Å². The Kier molecular flexibility index (Phi) is 9.27. The van der Waals surface area contributed by atoms with Gasteiger partial charge in [-0.25, -0.2) is 12.8 Å². The first-order chi connectivity index (χ1) is 10.2. The molecule has 23 heavy (non-hydrogen) atoms. The second kappa shape index (κ2) is 9.56. The summed E-state index contributed by atoms with van der Waals surface area (Å²) >= 11 is 3.10. The zero-order valence-corrected chi connectivity index (χ0v) is 16.2. The smallest absolute Gasteiger partial charge is 0.254 e. The van der Waals surface area contributed by atoms with Crippen molar-refractivity contribution in [3.8, 4) is 0 Å². The van der Waals surface area contributed by atoms with Crippen molar-refractivity contribution in [3.05, 3.63) is 28.0 Å². The van der Waals surface area contributed by atoms with E-state index >= 15 is 0 Å². The fourth-order valence-corrected chi connectivity index (χ4v) is 3.35. The minimum absolute atomic E-state index is 0. The largest absolute Gasteiger partial charge is 0.348 e. The number of nitrogens with one attached hydrogen (secondary N) is 1. The maximum Gasteiger partial charge on any atom is 0.254 e. The Morgan fingerprint density at radius 3 is 2.52 bits per heavy atom. The van der Waals surface area contributed by atoms with Gasteiger partial charge in [0, 0.05) is 23.3 Å². The molecule has 1 aromatic rings. The SMILES string of the molecule is CCCCC(CN)NC(=O)c1cc(Br)cc(S(C)(=O)=O)c1F.Cl. The molecule has 0 aliphatic carbocycles. The lowest BCUT2D eigenvalue weighted by atomic mass is 10.1. The predicted molar refractivity (Wildman–Crippen MR) is 94.3 cm³/mol. The number of nitrogens with two attached hydrogens (primary N) is 1. The van der Waals surface area contributed by atoms with Crippen LogP contribution < -0.4 is 11.1 Å². The lowest BCUT2D eigenvalue weighted by Gasteiger charge is -2.17. The molecule has 0 radical (unpaired) electrons. The highest BCUT2D eigenvalue weighted by molar-refractivity contribution is 9.10. The van der Waals surface area contributed by atoms with Crippen molar-refractivity contribution in [1.82, 2.24) is 5.32 Å². The molecule has 0 bridgehead atoms. The van der Waals surface area contributed by atoms with E-state index in [1.807, 2.05) is 6.92 Å². The molecule has 0 heterocycles. The summed E-state index contributed by atoms with van der Waals surface area (Å²) in [5.74, 6) is -1.72. The Bertz CT molecular complexity index is 656. The van der Waals surface area contributed by atoms with Crippen molar-refractivity contribution in [1.29, 1.82) is 0 Å². The third kappa shape index (κ3) is 6.37. The van der Waals surface area contributed by atoms with Gasteiger partial charge < -0.3 is 11.1 Å². The van der Waals surface area contributed by atoms with E-state index in [9.17, 15) is 17.6 Å². The van der Waals surface area contributed by atoms with E-state index in [0.717, 1.165) is 25.2 Å². The summed E-state index contributed by atoms with van der Waals surface area (Å²) < 4.78 is 37.8. The second-order valence-corrected chi connectivity index (χ2v) is 7.99. The fraction of sp³-hybridized carbons (Fsp3) is 0.500. The number of carbonyl (C=O) groups is 1. The summed E-state index contributed by atoms with van der Waals surface area (Å²) in [7, 11) is -3.77. The summed E-state index contributed by atoms with van der Waals surface area (Å²) in [5.41, 5.74) is 5.28. The van der Waals surface area contributed by atoms with Crippen molar-refractivity contribution in [2.45, 2.75) is 37.1 Å². The van der Waals surface area contributed by atoms with Gasteiger partial charge in [-0.15, -0.1) is 12.4 Å². The minimum atomic E-state index is -3.77. The molecule has 1 aromatic carbocycles. The molecule has 1 unspecified atom stereocenters. The minimum Gasteiger partial charge on any atom is -0.348 e. The van der Waals surface area contributed by atoms with E-state index < -0.39 is 26.5 Å². The Morgan fingerprint density at radius 2 is 2.04 bits per heavy atom. The summed E-state index contributed by atoms with van der Waals surface area (Å²) in [5, 5.41) is 2.64. The van der Waals surface area contributed by atoms with Crippen LogP contribution in [-0.4, -0.2) is 33.2 Å². The van der Waals surface area contributed by atoms with Crippen LogP contribution in [0.3, 0.4) is 0 Å². The second-order valence-electron chi connectivity index (χ2n) is 5.09. The normalized spacial score (nSPS) is 12.4. The number of carbonyl (C=O) groups excluding carboxylic acids is 1. The van der Waals surface area contributed by atoms with Crippen molar-refractivity contribution in [2.24, 2.45) is 5.73 Å². The summed E-state index contributed by atoms with van der Waals surface area (Å²) in [6.45, 7) is 2.25. The Morgan fingerprint density at radius 1 is 1.43 bits per heavy atom. The maximum atomic E-state index is 14.3. The Labute approximate surface area is 150 Å². The number of unbranched alkanes of at least 4 members (excludes halogenated alkanes) is 1. The van der Waals surface area contributed by atoms with Crippen LogP contribution in [0.2, 0.25) is 0 Å². The lowest BCUT2D eigenvalue weighted by molar-refractivity contribution is 0.0931. The van der Waals surface area contributed by atoms with Gasteiger partial charge in [-0.05, 0) is 18.6 Å². The van der Waals surface area contributed by atoms with Crippen molar-refractivity contribution in [3.63, 3.8) is 0 Å². The zero-order chi connectivity index (χ0) is 16.9. The molecule has 1 amide bonds. The van der Waals surface area contributed by atoms with E-state index in [1.165, 1.54) is 6.07 Å². The number of benzene rings is 1. The summed E-state index contributed by atoms with van der Waals surface area (Å²) in [6.07, 6.45) is 3.42. The van der Waals surface area contributed by atoms with Crippen LogP contribution in [0.25, 0.3) is 0 Å². The van der Waals surface area contributed by atoms with Crippen LogP contribution in [0.5, 0.6) is 0 Å². The van der Waals surface area contributed by atoms with Gasteiger partial charge in [-0.2, -0.15) is 0 Å². The maximum absolute atomic E-state index is 14.3. The number of hydrogen-bond donors (Lipinski definition) is 2. The van der Waals surface area contributed by atoms with Crippen molar-refractivity contribution >= 4 is 44.1 Å². The summed E-state index contributed by atoms with van der Waals surface area (Å²) in [4.78, 5) is 11.7. The first-order valence-corrected chi connectivity index (χ1v) is 9.59. The molecule has 0 aromatic heterocycles. The van der Waals surface area contributed by atoms with Gasteiger partial charge >= 0.3 is 0 Å². The van der Waals surface area contributed by atoms with E-state index in [0.29, 0.717) is 10.9 Å². The molecule has 0 aliphatic rings. The molecule has 0 saturated carbocycles. The third-order valence-corrected chi connectivity index (χ3v) is 4.73. The Balaban J connectivity index is 0.00000484. The molecular weight excluding hydrogens is 411 g/mol. The number of hydrogen-bond acceptors (Lipinski definition) is 4. The highest BCUT2D eigenvalue weighted by Crippen LogP contribution is 2.24. The Hall–Kier alpha value is -0.700. The van der Waals surface area contributed by atoms with Crippen LogP contribution >= 0.6 is 28.3 Å². The van der Waals surface area contributed by atoms with Crippen molar-refractivity contribution in [2.75, 3.05) is 12.8 Å². The van der Waals surface area contributed by atoms with Gasteiger partial charge in [0.05, 0.1) is 5.56 Å². The van der Waals surface area contributed by atoms with Crippen LogP contribution in [0.1, 0.15) is 36.5 Å². The average Bonchev–Trinajstić information content (AvgIpc) is 2.44. The molecule has 0 fully saturated rings. The van der Waals surface area contributed by atoms with Crippen LogP contribution in [0.15, 0.2) is 21.5 Å². The monoisotopic (exact) mass is 430 g/mol. The average molecular weight is 432 g/mol. The van der Waals surface area contributed by atoms with Gasteiger partial charge in [0.25, 0.3) is 5.91 Å². The predicted octanol–water partition coefficient (Wildman–Crippen LogP) is 2.66. The van der Waals surface area contributed by atoms with Gasteiger partial charge in [0.15, 0.2) is 15.7 Å². The molecule has 132 valence electrons. The van der Waals surface area contributed by atoms with Gasteiger partial charge in [0.2, 0.25) is 0 Å². The molecule has 3 N–H and O–H groups in total. The van der Waals surface area contributed by atoms with E-state index in [-0.39, 0.29) is 30.6 Å². The van der Waals surface area contributed by atoms with Crippen molar-refractivity contribution < 1.29 is 17.6 Å². The van der Waals surface area contributed by atoms with Gasteiger partial charge in [-0.1, -0.05) is 35.7 Å². The first kappa shape index (κ1) is 22.3. The van der Waals surface area contributed by atoms with Crippen LogP contribution in [-0.2, 0) is 9.84 Å². The fourth-order valence-electron chi connectivity index (χ4n) is 1.96. The molecule has 0 spiro atoms. The molecule has 0 saturated heterocycles. The topological polar surface area (TPSA) is 89.3 Å². The molecular formula is C14H21BrClFN2O3S. The zero-order valence-electron chi connectivity index (χ0n) is 12.9. The van der Waals surface area contributed by atoms with Crippen LogP contribution in [0, 0.1) is 5.82 Å². The lowest BCUT2D eigenvalue weighted by Crippen LogP contribution is -2.40. The number of sulfone groups is 1. The highest BCUT2D eigenvalue weighted by atomic mass is 79.9. The molecule has 1 atom stereocenters. The van der Waals surface area contributed by atoms with Crippen LogP contribution in [0.4, 0.5) is 4.39 Å². The van der Waals surface area contributed by atoms with E-state index in [2.05, 4.69) is 21.2 Å². The van der Waals surface area contributed by atoms with E-state index in [1.54, 1.807) is 0 Å². The molecule has 1 rings (SSSR count). The number of amides is 1. The summed E-state index contributed by atoms with van der Waals surface area (Å²) in [6, 6.07) is 2.12. The highest BCUT2D eigenvalue weighted by Gasteiger charge is 2.23.